The lowest BCUT2D eigenvalue weighted by molar-refractivity contribution is 0.428. The highest BCUT2D eigenvalue weighted by molar-refractivity contribution is 4.66. The molecule has 0 saturated heterocycles. The van der Waals surface area contributed by atoms with Gasteiger partial charge in [0.15, 0.2) is 0 Å². The van der Waals surface area contributed by atoms with Gasteiger partial charge in [-0.2, -0.15) is 5.10 Å². The van der Waals surface area contributed by atoms with Gasteiger partial charge in [-0.25, -0.2) is 4.98 Å². The molecule has 68 valence electrons. The van der Waals surface area contributed by atoms with Crippen molar-refractivity contribution in [3.63, 3.8) is 0 Å². The van der Waals surface area contributed by atoms with E-state index in [1.165, 1.54) is 6.33 Å². The molecule has 1 heterocycles. The van der Waals surface area contributed by atoms with E-state index in [4.69, 9.17) is 5.73 Å². The third-order valence-electron chi connectivity index (χ3n) is 1.66. The Kier molecular flexibility index (Phi) is 3.22. The molecule has 0 aliphatic carbocycles. The summed E-state index contributed by atoms with van der Waals surface area (Å²) in [4.78, 5) is 3.85. The van der Waals surface area contributed by atoms with Gasteiger partial charge in [0, 0.05) is 6.04 Å². The third kappa shape index (κ3) is 3.00. The molecular formula is C8H16N4. The summed E-state index contributed by atoms with van der Waals surface area (Å²) in [5, 5.41) is 3.99. The summed E-state index contributed by atoms with van der Waals surface area (Å²) in [7, 11) is 0. The summed E-state index contributed by atoms with van der Waals surface area (Å²) in [5.74, 6) is 0.642. The maximum Gasteiger partial charge on any atom is 0.137 e. The van der Waals surface area contributed by atoms with Gasteiger partial charge < -0.3 is 5.73 Å². The molecule has 0 aliphatic heterocycles. The largest absolute Gasteiger partial charge is 0.326 e. The van der Waals surface area contributed by atoms with E-state index in [-0.39, 0.29) is 6.04 Å². The average Bonchev–Trinajstić information content (AvgIpc) is 2.37. The van der Waals surface area contributed by atoms with Crippen molar-refractivity contribution in [3.05, 3.63) is 12.7 Å². The molecule has 4 nitrogen and oxygen atoms in total. The zero-order chi connectivity index (χ0) is 8.97. The van der Waals surface area contributed by atoms with Crippen LogP contribution in [0.25, 0.3) is 0 Å². The Morgan fingerprint density at radius 2 is 2.25 bits per heavy atom. The zero-order valence-corrected chi connectivity index (χ0v) is 7.64. The molecule has 0 bridgehead atoms. The molecule has 1 rings (SSSR count). The van der Waals surface area contributed by atoms with Crippen LogP contribution in [0.5, 0.6) is 0 Å². The second-order valence-electron chi connectivity index (χ2n) is 3.51. The second kappa shape index (κ2) is 4.21. The smallest absolute Gasteiger partial charge is 0.137 e. The van der Waals surface area contributed by atoms with E-state index in [0.717, 1.165) is 13.0 Å². The molecule has 2 N–H and O–H groups in total. The standard InChI is InChI=1S/C8H16N4/c1-7(2)3-8(9)4-12-6-10-5-11-12/h5-8H,3-4,9H2,1-2H3. The first-order valence-corrected chi connectivity index (χ1v) is 4.26. The van der Waals surface area contributed by atoms with Crippen LogP contribution >= 0.6 is 0 Å². The zero-order valence-electron chi connectivity index (χ0n) is 7.64. The number of hydrogen-bond donors (Lipinski definition) is 1. The summed E-state index contributed by atoms with van der Waals surface area (Å²) in [6, 6.07) is 0.187. The topological polar surface area (TPSA) is 56.7 Å². The monoisotopic (exact) mass is 168 g/mol. The molecular weight excluding hydrogens is 152 g/mol. The molecule has 12 heavy (non-hydrogen) atoms. The lowest BCUT2D eigenvalue weighted by atomic mass is 10.1. The summed E-state index contributed by atoms with van der Waals surface area (Å²) in [5.41, 5.74) is 5.88. The number of hydrogen-bond acceptors (Lipinski definition) is 3. The summed E-state index contributed by atoms with van der Waals surface area (Å²) in [6.07, 6.45) is 4.25. The quantitative estimate of drug-likeness (QED) is 0.718. The lowest BCUT2D eigenvalue weighted by Crippen LogP contribution is -2.27. The second-order valence-corrected chi connectivity index (χ2v) is 3.51. The lowest BCUT2D eigenvalue weighted by Gasteiger charge is -2.12. The van der Waals surface area contributed by atoms with Crippen molar-refractivity contribution in [2.75, 3.05) is 0 Å². The summed E-state index contributed by atoms with van der Waals surface area (Å²) < 4.78 is 1.77. The van der Waals surface area contributed by atoms with Crippen LogP contribution in [0.1, 0.15) is 20.3 Å². The van der Waals surface area contributed by atoms with Crippen molar-refractivity contribution < 1.29 is 0 Å². The first-order chi connectivity index (χ1) is 5.68. The van der Waals surface area contributed by atoms with E-state index in [2.05, 4.69) is 23.9 Å². The molecule has 0 saturated carbocycles. The maximum absolute atomic E-state index is 5.88. The summed E-state index contributed by atoms with van der Waals surface area (Å²) in [6.45, 7) is 5.10. The number of nitrogens with zero attached hydrogens (tertiary/aromatic N) is 3. The van der Waals surface area contributed by atoms with Gasteiger partial charge in [-0.15, -0.1) is 0 Å². The van der Waals surface area contributed by atoms with Gasteiger partial charge >= 0.3 is 0 Å². The predicted octanol–water partition coefficient (Wildman–Crippen LogP) is 0.651. The van der Waals surface area contributed by atoms with Crippen LogP contribution in [0.3, 0.4) is 0 Å². The molecule has 1 aromatic heterocycles. The molecule has 0 fully saturated rings. The van der Waals surface area contributed by atoms with Crippen LogP contribution in [0.2, 0.25) is 0 Å². The van der Waals surface area contributed by atoms with Crippen molar-refractivity contribution in [3.8, 4) is 0 Å². The Morgan fingerprint density at radius 3 is 2.75 bits per heavy atom. The van der Waals surface area contributed by atoms with Gasteiger partial charge in [0.05, 0.1) is 6.54 Å². The molecule has 0 spiro atoms. The van der Waals surface area contributed by atoms with Gasteiger partial charge in [-0.05, 0) is 12.3 Å². The van der Waals surface area contributed by atoms with Gasteiger partial charge in [0.2, 0.25) is 0 Å². The molecule has 1 unspecified atom stereocenters. The molecule has 1 aromatic rings. The Balaban J connectivity index is 2.32. The van der Waals surface area contributed by atoms with Gasteiger partial charge in [0.25, 0.3) is 0 Å². The first-order valence-electron chi connectivity index (χ1n) is 4.26. The van der Waals surface area contributed by atoms with Crippen molar-refractivity contribution in [1.29, 1.82) is 0 Å². The Labute approximate surface area is 72.8 Å². The highest BCUT2D eigenvalue weighted by Gasteiger charge is 2.05. The Bertz CT molecular complexity index is 205. The van der Waals surface area contributed by atoms with Crippen molar-refractivity contribution in [2.24, 2.45) is 11.7 Å². The third-order valence-corrected chi connectivity index (χ3v) is 1.66. The van der Waals surface area contributed by atoms with E-state index in [9.17, 15) is 0 Å². The highest BCUT2D eigenvalue weighted by Crippen LogP contribution is 2.03. The van der Waals surface area contributed by atoms with Gasteiger partial charge in [-0.3, -0.25) is 4.68 Å². The fourth-order valence-electron chi connectivity index (χ4n) is 1.25. The molecule has 1 atom stereocenters. The SMILES string of the molecule is CC(C)CC(N)Cn1cncn1. The average molecular weight is 168 g/mol. The van der Waals surface area contributed by atoms with Crippen LogP contribution in [-0.2, 0) is 6.54 Å². The van der Waals surface area contributed by atoms with Crippen LogP contribution in [0.15, 0.2) is 12.7 Å². The van der Waals surface area contributed by atoms with Crippen LogP contribution in [0.4, 0.5) is 0 Å². The molecule has 4 heteroatoms. The highest BCUT2D eigenvalue weighted by atomic mass is 15.3. The van der Waals surface area contributed by atoms with Gasteiger partial charge in [-0.1, -0.05) is 13.8 Å². The van der Waals surface area contributed by atoms with E-state index < -0.39 is 0 Å². The molecule has 0 aliphatic rings. The molecule has 0 radical (unpaired) electrons. The van der Waals surface area contributed by atoms with Crippen molar-refractivity contribution >= 4 is 0 Å². The fraction of sp³-hybridized carbons (Fsp3) is 0.750. The first kappa shape index (κ1) is 9.19. The van der Waals surface area contributed by atoms with E-state index in [0.29, 0.717) is 5.92 Å². The van der Waals surface area contributed by atoms with Crippen LogP contribution in [-0.4, -0.2) is 20.8 Å². The van der Waals surface area contributed by atoms with E-state index in [1.54, 1.807) is 11.0 Å². The Morgan fingerprint density at radius 1 is 1.50 bits per heavy atom. The number of nitrogens with two attached hydrogens (primary N) is 1. The van der Waals surface area contributed by atoms with Crippen molar-refractivity contribution in [1.82, 2.24) is 14.8 Å². The fourth-order valence-corrected chi connectivity index (χ4v) is 1.25. The van der Waals surface area contributed by atoms with Crippen LogP contribution < -0.4 is 5.73 Å². The van der Waals surface area contributed by atoms with E-state index >= 15 is 0 Å². The molecule has 0 amide bonds. The van der Waals surface area contributed by atoms with Crippen LogP contribution in [0, 0.1) is 5.92 Å². The number of rotatable bonds is 4. The van der Waals surface area contributed by atoms with Crippen molar-refractivity contribution in [2.45, 2.75) is 32.9 Å². The minimum Gasteiger partial charge on any atom is -0.326 e. The molecule has 0 aromatic carbocycles. The van der Waals surface area contributed by atoms with Gasteiger partial charge in [0.1, 0.15) is 12.7 Å². The normalized spacial score (nSPS) is 13.7. The minimum atomic E-state index is 0.187. The minimum absolute atomic E-state index is 0.187. The maximum atomic E-state index is 5.88. The Hall–Kier alpha value is -0.900. The number of aromatic nitrogens is 3. The summed E-state index contributed by atoms with van der Waals surface area (Å²) >= 11 is 0. The predicted molar refractivity (Wildman–Crippen MR) is 47.5 cm³/mol. The van der Waals surface area contributed by atoms with E-state index in [1.807, 2.05) is 0 Å².